The van der Waals surface area contributed by atoms with E-state index in [-0.39, 0.29) is 10.3 Å². The molecule has 1 atom stereocenters. The summed E-state index contributed by atoms with van der Waals surface area (Å²) in [5.41, 5.74) is 3.18. The van der Waals surface area contributed by atoms with E-state index < -0.39 is 16.1 Å². The summed E-state index contributed by atoms with van der Waals surface area (Å²) in [6.45, 7) is 3.33. The van der Waals surface area contributed by atoms with Crippen LogP contribution in [0.1, 0.15) is 56.1 Å². The lowest BCUT2D eigenvalue weighted by Gasteiger charge is -2.42. The van der Waals surface area contributed by atoms with Gasteiger partial charge in [0.25, 0.3) is 10.0 Å². The minimum absolute atomic E-state index is 0.0905. The van der Waals surface area contributed by atoms with Crippen LogP contribution in [0.5, 0.6) is 5.75 Å². The Bertz CT molecular complexity index is 1310. The number of benzene rings is 2. The first-order chi connectivity index (χ1) is 17.8. The highest BCUT2D eigenvalue weighted by Gasteiger charge is 2.42. The second-order valence-electron chi connectivity index (χ2n) is 11.1. The Morgan fingerprint density at radius 2 is 1.89 bits per heavy atom. The molecular formula is C28H34ClN3O4S. The van der Waals surface area contributed by atoms with Crippen molar-refractivity contribution in [1.29, 1.82) is 0 Å². The molecule has 1 N–H and O–H groups in total. The third-order valence-corrected chi connectivity index (χ3v) is 10.2. The number of amides is 2. The summed E-state index contributed by atoms with van der Waals surface area (Å²) in [5.74, 6) is 1.29. The number of sulfonamides is 1. The van der Waals surface area contributed by atoms with Gasteiger partial charge in [0.1, 0.15) is 5.75 Å². The van der Waals surface area contributed by atoms with Crippen molar-refractivity contribution in [3.05, 3.63) is 52.5 Å². The Kier molecular flexibility index (Phi) is 6.51. The number of hydrogen-bond donors (Lipinski definition) is 1. The maximum atomic E-state index is 13.2. The van der Waals surface area contributed by atoms with Crippen LogP contribution in [-0.4, -0.2) is 52.1 Å². The maximum absolute atomic E-state index is 13.2. The third kappa shape index (κ3) is 4.78. The van der Waals surface area contributed by atoms with Gasteiger partial charge in [-0.05, 0) is 92.3 Å². The molecule has 2 aromatic carbocycles. The van der Waals surface area contributed by atoms with E-state index in [1.807, 2.05) is 6.07 Å². The minimum Gasteiger partial charge on any atom is -0.490 e. The lowest BCUT2D eigenvalue weighted by atomic mass is 9.70. The number of anilines is 1. The molecule has 2 amide bonds. The van der Waals surface area contributed by atoms with Crippen molar-refractivity contribution in [3.8, 4) is 5.75 Å². The molecule has 198 valence electrons. The van der Waals surface area contributed by atoms with E-state index in [1.54, 1.807) is 23.1 Å². The lowest BCUT2D eigenvalue weighted by Crippen LogP contribution is -2.47. The molecule has 4 aliphatic rings. The summed E-state index contributed by atoms with van der Waals surface area (Å²) < 4.78 is 35.2. The zero-order chi connectivity index (χ0) is 25.6. The normalized spacial score (nSPS) is 23.6. The van der Waals surface area contributed by atoms with Gasteiger partial charge >= 0.3 is 6.03 Å². The SMILES string of the molecule is O=C(NS(=O)(=O)c1ccc2c(c1)N(CC1CCC1)CC1(CCCc3cc(Cl)ccc31)CO2)N1CCCC1. The van der Waals surface area contributed by atoms with Gasteiger partial charge in [-0.1, -0.05) is 24.1 Å². The number of ether oxygens (including phenoxy) is 1. The molecule has 7 nitrogen and oxygen atoms in total. The molecule has 2 fully saturated rings. The number of carbonyl (C=O) groups is 1. The highest BCUT2D eigenvalue weighted by molar-refractivity contribution is 7.90. The van der Waals surface area contributed by atoms with Gasteiger partial charge in [-0.25, -0.2) is 17.9 Å². The summed E-state index contributed by atoms with van der Waals surface area (Å²) >= 11 is 6.34. The maximum Gasteiger partial charge on any atom is 0.331 e. The van der Waals surface area contributed by atoms with E-state index in [4.69, 9.17) is 16.3 Å². The van der Waals surface area contributed by atoms with Gasteiger partial charge in [0.05, 0.1) is 17.2 Å². The van der Waals surface area contributed by atoms with Gasteiger partial charge in [0.2, 0.25) is 0 Å². The molecule has 2 aliphatic carbocycles. The summed E-state index contributed by atoms with van der Waals surface area (Å²) in [7, 11) is -4.01. The summed E-state index contributed by atoms with van der Waals surface area (Å²) in [6.07, 6.45) is 8.50. The van der Waals surface area contributed by atoms with E-state index in [0.717, 1.165) is 55.9 Å². The van der Waals surface area contributed by atoms with Gasteiger partial charge in [0.15, 0.2) is 0 Å². The van der Waals surface area contributed by atoms with Crippen LogP contribution in [0.3, 0.4) is 0 Å². The monoisotopic (exact) mass is 543 g/mol. The molecule has 0 aromatic heterocycles. The molecule has 9 heteroatoms. The summed E-state index contributed by atoms with van der Waals surface area (Å²) in [5, 5.41) is 0.755. The van der Waals surface area contributed by atoms with Crippen LogP contribution < -0.4 is 14.4 Å². The Morgan fingerprint density at radius 3 is 2.65 bits per heavy atom. The standard InChI is InChI=1S/C28H34ClN3O4S/c29-22-8-10-24-21(15-22)7-4-12-28(24)18-32(17-20-5-3-6-20)25-16-23(9-11-26(25)36-19-28)37(34,35)30-27(33)31-13-1-2-14-31/h8-11,15-16,20H,1-7,12-14,17-19H2,(H,30,33). The molecule has 1 unspecified atom stereocenters. The number of urea groups is 1. The molecule has 37 heavy (non-hydrogen) atoms. The first-order valence-corrected chi connectivity index (χ1v) is 15.3. The number of halogens is 1. The average Bonchev–Trinajstić information content (AvgIpc) is 3.34. The molecule has 0 bridgehead atoms. The zero-order valence-electron chi connectivity index (χ0n) is 21.0. The quantitative estimate of drug-likeness (QED) is 0.580. The molecule has 2 heterocycles. The second-order valence-corrected chi connectivity index (χ2v) is 13.3. The Morgan fingerprint density at radius 1 is 1.08 bits per heavy atom. The van der Waals surface area contributed by atoms with E-state index >= 15 is 0 Å². The van der Waals surface area contributed by atoms with Gasteiger partial charge in [-0.15, -0.1) is 0 Å². The molecule has 1 saturated heterocycles. The predicted molar refractivity (Wildman–Crippen MR) is 144 cm³/mol. The number of hydrogen-bond acceptors (Lipinski definition) is 5. The number of nitrogens with zero attached hydrogens (tertiary/aromatic N) is 2. The van der Waals surface area contributed by atoms with E-state index in [2.05, 4.69) is 21.8 Å². The first-order valence-electron chi connectivity index (χ1n) is 13.5. The van der Waals surface area contributed by atoms with Crippen molar-refractivity contribution in [1.82, 2.24) is 9.62 Å². The molecule has 6 rings (SSSR count). The fraction of sp³-hybridized carbons (Fsp3) is 0.536. The van der Waals surface area contributed by atoms with Crippen LogP contribution in [0.15, 0.2) is 41.3 Å². The predicted octanol–water partition coefficient (Wildman–Crippen LogP) is 5.11. The van der Waals surface area contributed by atoms with E-state index in [9.17, 15) is 13.2 Å². The van der Waals surface area contributed by atoms with E-state index in [1.165, 1.54) is 30.4 Å². The van der Waals surface area contributed by atoms with Gasteiger partial charge < -0.3 is 14.5 Å². The second kappa shape index (κ2) is 9.70. The molecule has 0 radical (unpaired) electrons. The number of rotatable bonds is 4. The van der Waals surface area contributed by atoms with Crippen LogP contribution in [-0.2, 0) is 21.9 Å². The summed E-state index contributed by atoms with van der Waals surface area (Å²) in [6, 6.07) is 10.6. The zero-order valence-corrected chi connectivity index (χ0v) is 22.6. The van der Waals surface area contributed by atoms with Crippen molar-refractivity contribution >= 4 is 33.3 Å². The molecular weight excluding hydrogens is 510 g/mol. The van der Waals surface area contributed by atoms with Crippen molar-refractivity contribution in [2.75, 3.05) is 37.7 Å². The summed E-state index contributed by atoms with van der Waals surface area (Å²) in [4.78, 5) is 16.6. The Hall–Kier alpha value is -2.45. The molecule has 1 spiro atoms. The minimum atomic E-state index is -4.01. The lowest BCUT2D eigenvalue weighted by molar-refractivity contribution is 0.204. The van der Waals surface area contributed by atoms with Crippen LogP contribution in [0.2, 0.25) is 5.02 Å². The number of carbonyl (C=O) groups excluding carboxylic acids is 1. The molecule has 2 aliphatic heterocycles. The number of likely N-dealkylation sites (tertiary alicyclic amines) is 1. The number of aryl methyl sites for hydroxylation is 1. The molecule has 1 saturated carbocycles. The van der Waals surface area contributed by atoms with Crippen molar-refractivity contribution in [3.63, 3.8) is 0 Å². The van der Waals surface area contributed by atoms with Crippen molar-refractivity contribution in [2.24, 2.45) is 5.92 Å². The highest BCUT2D eigenvalue weighted by atomic mass is 35.5. The smallest absolute Gasteiger partial charge is 0.331 e. The van der Waals surface area contributed by atoms with Crippen molar-refractivity contribution in [2.45, 2.75) is 61.7 Å². The van der Waals surface area contributed by atoms with Gasteiger partial charge in [-0.3, -0.25) is 0 Å². The van der Waals surface area contributed by atoms with Gasteiger partial charge in [0, 0.05) is 36.6 Å². The van der Waals surface area contributed by atoms with Gasteiger partial charge in [-0.2, -0.15) is 0 Å². The average molecular weight is 544 g/mol. The topological polar surface area (TPSA) is 79.0 Å². The Labute approximate surface area is 224 Å². The number of nitrogens with one attached hydrogen (secondary N) is 1. The third-order valence-electron chi connectivity index (χ3n) is 8.64. The molecule has 2 aromatic rings. The van der Waals surface area contributed by atoms with E-state index in [0.29, 0.717) is 31.4 Å². The van der Waals surface area contributed by atoms with Crippen LogP contribution >= 0.6 is 11.6 Å². The van der Waals surface area contributed by atoms with Crippen LogP contribution in [0.4, 0.5) is 10.5 Å². The van der Waals surface area contributed by atoms with Crippen LogP contribution in [0.25, 0.3) is 0 Å². The largest absolute Gasteiger partial charge is 0.490 e. The first kappa shape index (κ1) is 24.9. The van der Waals surface area contributed by atoms with Crippen LogP contribution in [0, 0.1) is 5.92 Å². The van der Waals surface area contributed by atoms with Crippen molar-refractivity contribution < 1.29 is 17.9 Å². The fourth-order valence-electron chi connectivity index (χ4n) is 6.41. The number of fused-ring (bicyclic) bond motifs is 3. The highest BCUT2D eigenvalue weighted by Crippen LogP contribution is 2.45. The fourth-order valence-corrected chi connectivity index (χ4v) is 7.59. The Balaban J connectivity index is 1.34.